The topological polar surface area (TPSA) is 44.0 Å². The molecule has 0 aliphatic rings. The predicted octanol–water partition coefficient (Wildman–Crippen LogP) is 2.91. The Morgan fingerprint density at radius 1 is 1.29 bits per heavy atom. The van der Waals surface area contributed by atoms with Gasteiger partial charge in [0.05, 0.1) is 0 Å². The third kappa shape index (κ3) is 2.86. The Morgan fingerprint density at radius 2 is 1.82 bits per heavy atom. The molecule has 0 spiro atoms. The van der Waals surface area contributed by atoms with Gasteiger partial charge in [-0.2, -0.15) is 18.4 Å². The molecule has 0 aliphatic carbocycles. The summed E-state index contributed by atoms with van der Waals surface area (Å²) in [6.45, 7) is 1.41. The van der Waals surface area contributed by atoms with Crippen molar-refractivity contribution in [2.24, 2.45) is 0 Å². The predicted molar refractivity (Wildman–Crippen MR) is 56.7 cm³/mol. The molecule has 0 aromatic heterocycles. The number of alkyl halides is 3. The third-order valence-corrected chi connectivity index (χ3v) is 2.26. The molecule has 0 amide bonds. The van der Waals surface area contributed by atoms with Gasteiger partial charge in [0, 0.05) is 0 Å². The van der Waals surface area contributed by atoms with Crippen LogP contribution in [0.5, 0.6) is 0 Å². The number of allylic oxidation sites excluding steroid dienone is 1. The first-order chi connectivity index (χ1) is 7.80. The molecule has 90 valence electrons. The molecule has 0 bridgehead atoms. The van der Waals surface area contributed by atoms with Gasteiger partial charge < -0.3 is 5.11 Å². The Morgan fingerprint density at radius 3 is 2.24 bits per heavy atom. The van der Waals surface area contributed by atoms with E-state index in [1.807, 2.05) is 0 Å². The molecule has 1 aromatic rings. The first-order valence-corrected chi connectivity index (χ1v) is 4.75. The molecule has 0 aliphatic heterocycles. The van der Waals surface area contributed by atoms with Crippen molar-refractivity contribution in [3.05, 3.63) is 42.0 Å². The van der Waals surface area contributed by atoms with Gasteiger partial charge in [0.15, 0.2) is 0 Å². The second-order valence-electron chi connectivity index (χ2n) is 3.57. The van der Waals surface area contributed by atoms with Gasteiger partial charge in [0.25, 0.3) is 5.60 Å². The monoisotopic (exact) mass is 241 g/mol. The van der Waals surface area contributed by atoms with E-state index < -0.39 is 11.8 Å². The highest BCUT2D eigenvalue weighted by Gasteiger charge is 2.53. The van der Waals surface area contributed by atoms with Crippen LogP contribution in [-0.4, -0.2) is 16.9 Å². The van der Waals surface area contributed by atoms with Crippen LogP contribution in [0, 0.1) is 11.3 Å². The molecular formula is C12H10F3NO. The zero-order valence-corrected chi connectivity index (χ0v) is 8.99. The van der Waals surface area contributed by atoms with E-state index in [1.165, 1.54) is 6.92 Å². The van der Waals surface area contributed by atoms with Crippen LogP contribution in [0.2, 0.25) is 0 Å². The first kappa shape index (κ1) is 13.3. The van der Waals surface area contributed by atoms with Crippen molar-refractivity contribution in [3.8, 4) is 6.07 Å². The zero-order valence-electron chi connectivity index (χ0n) is 8.99. The van der Waals surface area contributed by atoms with E-state index in [9.17, 15) is 18.3 Å². The van der Waals surface area contributed by atoms with Crippen LogP contribution in [0.15, 0.2) is 36.4 Å². The van der Waals surface area contributed by atoms with E-state index >= 15 is 0 Å². The summed E-state index contributed by atoms with van der Waals surface area (Å²) >= 11 is 0. The summed E-state index contributed by atoms with van der Waals surface area (Å²) in [5.74, 6) is 0. The number of hydrogen-bond acceptors (Lipinski definition) is 2. The van der Waals surface area contributed by atoms with E-state index in [4.69, 9.17) is 5.26 Å². The SMILES string of the molecule is CC(=CC(O)(C#N)C(F)(F)F)c1ccccc1. The fourth-order valence-corrected chi connectivity index (χ4v) is 1.28. The maximum Gasteiger partial charge on any atom is 0.434 e. The van der Waals surface area contributed by atoms with Crippen LogP contribution in [-0.2, 0) is 0 Å². The Labute approximate surface area is 96.6 Å². The fourth-order valence-electron chi connectivity index (χ4n) is 1.28. The van der Waals surface area contributed by atoms with Crippen LogP contribution < -0.4 is 0 Å². The normalized spacial score (nSPS) is 16.1. The summed E-state index contributed by atoms with van der Waals surface area (Å²) in [4.78, 5) is 0. The number of aliphatic hydroxyl groups is 1. The molecule has 1 N–H and O–H groups in total. The lowest BCUT2D eigenvalue weighted by atomic mass is 9.98. The van der Waals surface area contributed by atoms with Crippen LogP contribution in [0.25, 0.3) is 5.57 Å². The van der Waals surface area contributed by atoms with Crippen LogP contribution in [0.1, 0.15) is 12.5 Å². The first-order valence-electron chi connectivity index (χ1n) is 4.75. The van der Waals surface area contributed by atoms with Crippen molar-refractivity contribution in [2.75, 3.05) is 0 Å². The molecule has 0 saturated heterocycles. The minimum atomic E-state index is -5.02. The summed E-state index contributed by atoms with van der Waals surface area (Å²) in [6.07, 6.45) is -4.50. The Balaban J connectivity index is 3.16. The van der Waals surface area contributed by atoms with Gasteiger partial charge in [-0.1, -0.05) is 30.3 Å². The highest BCUT2D eigenvalue weighted by molar-refractivity contribution is 5.65. The smallest absolute Gasteiger partial charge is 0.365 e. The van der Waals surface area contributed by atoms with Gasteiger partial charge in [-0.05, 0) is 24.1 Å². The van der Waals surface area contributed by atoms with E-state index in [-0.39, 0.29) is 5.57 Å². The van der Waals surface area contributed by atoms with Crippen molar-refractivity contribution in [3.63, 3.8) is 0 Å². The fraction of sp³-hybridized carbons (Fsp3) is 0.250. The molecule has 0 saturated carbocycles. The number of rotatable bonds is 2. The number of nitrogens with zero attached hydrogens (tertiary/aromatic N) is 1. The molecule has 1 aromatic carbocycles. The van der Waals surface area contributed by atoms with Crippen molar-refractivity contribution < 1.29 is 18.3 Å². The minimum Gasteiger partial charge on any atom is -0.365 e. The van der Waals surface area contributed by atoms with Crippen molar-refractivity contribution in [1.29, 1.82) is 5.26 Å². The number of hydrogen-bond donors (Lipinski definition) is 1. The lowest BCUT2D eigenvalue weighted by Gasteiger charge is -2.20. The van der Waals surface area contributed by atoms with E-state index in [0.717, 1.165) is 6.07 Å². The third-order valence-electron chi connectivity index (χ3n) is 2.26. The second-order valence-corrected chi connectivity index (χ2v) is 3.57. The largest absolute Gasteiger partial charge is 0.434 e. The van der Waals surface area contributed by atoms with Crippen LogP contribution in [0.3, 0.4) is 0 Å². The van der Waals surface area contributed by atoms with Gasteiger partial charge in [-0.15, -0.1) is 0 Å². The van der Waals surface area contributed by atoms with Crippen LogP contribution >= 0.6 is 0 Å². The van der Waals surface area contributed by atoms with Crippen molar-refractivity contribution in [1.82, 2.24) is 0 Å². The summed E-state index contributed by atoms with van der Waals surface area (Å²) in [7, 11) is 0. The van der Waals surface area contributed by atoms with E-state index in [0.29, 0.717) is 11.6 Å². The quantitative estimate of drug-likeness (QED) is 0.809. The van der Waals surface area contributed by atoms with Gasteiger partial charge in [0.2, 0.25) is 0 Å². The molecule has 17 heavy (non-hydrogen) atoms. The van der Waals surface area contributed by atoms with Crippen molar-refractivity contribution in [2.45, 2.75) is 18.7 Å². The molecule has 5 heteroatoms. The molecule has 1 unspecified atom stereocenters. The van der Waals surface area contributed by atoms with Gasteiger partial charge in [-0.3, -0.25) is 0 Å². The zero-order chi connectivity index (χ0) is 13.1. The van der Waals surface area contributed by atoms with E-state index in [2.05, 4.69) is 0 Å². The van der Waals surface area contributed by atoms with Crippen molar-refractivity contribution >= 4 is 5.57 Å². The average Bonchev–Trinajstić information content (AvgIpc) is 2.28. The highest BCUT2D eigenvalue weighted by atomic mass is 19.4. The Hall–Kier alpha value is -1.80. The molecular weight excluding hydrogens is 231 g/mol. The number of nitriles is 1. The van der Waals surface area contributed by atoms with E-state index in [1.54, 1.807) is 30.3 Å². The lowest BCUT2D eigenvalue weighted by molar-refractivity contribution is -0.217. The van der Waals surface area contributed by atoms with Gasteiger partial charge >= 0.3 is 6.18 Å². The van der Waals surface area contributed by atoms with Crippen LogP contribution in [0.4, 0.5) is 13.2 Å². The Kier molecular flexibility index (Phi) is 3.59. The molecule has 2 nitrogen and oxygen atoms in total. The molecule has 0 fully saturated rings. The number of halogens is 3. The number of benzene rings is 1. The molecule has 1 rings (SSSR count). The van der Waals surface area contributed by atoms with Gasteiger partial charge in [-0.25, -0.2) is 0 Å². The average molecular weight is 241 g/mol. The summed E-state index contributed by atoms with van der Waals surface area (Å²) < 4.78 is 37.4. The molecule has 0 heterocycles. The molecule has 0 radical (unpaired) electrons. The minimum absolute atomic E-state index is 0.187. The maximum absolute atomic E-state index is 12.5. The van der Waals surface area contributed by atoms with Gasteiger partial charge in [0.1, 0.15) is 6.07 Å². The molecule has 1 atom stereocenters. The summed E-state index contributed by atoms with van der Waals surface area (Å²) in [5, 5.41) is 17.7. The Bertz CT molecular complexity index is 459. The highest BCUT2D eigenvalue weighted by Crippen LogP contribution is 2.33. The summed E-state index contributed by atoms with van der Waals surface area (Å²) in [5.41, 5.74) is -2.75. The maximum atomic E-state index is 12.5. The lowest BCUT2D eigenvalue weighted by Crippen LogP contribution is -2.42. The standard InChI is InChI=1S/C12H10F3NO/c1-9(10-5-3-2-4-6-10)7-11(17,8-16)12(13,14)15/h2-7,17H,1H3. The summed E-state index contributed by atoms with van der Waals surface area (Å²) in [6, 6.07) is 9.10. The second kappa shape index (κ2) is 4.60.